The third-order valence-electron chi connectivity index (χ3n) is 5.23. The summed E-state index contributed by atoms with van der Waals surface area (Å²) in [6.07, 6.45) is 8.10. The van der Waals surface area contributed by atoms with Crippen LogP contribution in [0.3, 0.4) is 0 Å². The number of benzene rings is 1. The molecule has 0 amide bonds. The van der Waals surface area contributed by atoms with Gasteiger partial charge in [0, 0.05) is 17.0 Å². The molecule has 0 bridgehead atoms. The fourth-order valence-electron chi connectivity index (χ4n) is 4.16. The molecule has 2 heteroatoms. The van der Waals surface area contributed by atoms with Crippen LogP contribution < -0.4 is 5.32 Å². The Morgan fingerprint density at radius 1 is 1.00 bits per heavy atom. The maximum atomic E-state index is 4.03. The zero-order valence-corrected chi connectivity index (χ0v) is 13.2. The van der Waals surface area contributed by atoms with Gasteiger partial charge in [0.25, 0.3) is 0 Å². The fourth-order valence-corrected chi connectivity index (χ4v) is 5.03. The van der Waals surface area contributed by atoms with Gasteiger partial charge in [0.15, 0.2) is 0 Å². The van der Waals surface area contributed by atoms with Gasteiger partial charge in [-0.05, 0) is 54.2 Å². The van der Waals surface area contributed by atoms with Gasteiger partial charge in [-0.1, -0.05) is 43.2 Å². The van der Waals surface area contributed by atoms with Crippen LogP contribution in [-0.4, -0.2) is 0 Å². The summed E-state index contributed by atoms with van der Waals surface area (Å²) in [4.78, 5) is 1.53. The number of hydrogen-bond donors (Lipinski definition) is 1. The van der Waals surface area contributed by atoms with E-state index in [2.05, 4.69) is 47.1 Å². The molecule has 2 atom stereocenters. The quantitative estimate of drug-likeness (QED) is 0.812. The highest BCUT2D eigenvalue weighted by Gasteiger charge is 2.31. The van der Waals surface area contributed by atoms with Gasteiger partial charge in [-0.3, -0.25) is 0 Å². The highest BCUT2D eigenvalue weighted by atomic mass is 32.1. The zero-order chi connectivity index (χ0) is 14.1. The molecule has 1 aromatic heterocycles. The molecule has 1 fully saturated rings. The lowest BCUT2D eigenvalue weighted by Gasteiger charge is -2.28. The van der Waals surface area contributed by atoms with Crippen LogP contribution >= 0.6 is 11.3 Å². The van der Waals surface area contributed by atoms with E-state index in [1.54, 1.807) is 5.56 Å². The van der Waals surface area contributed by atoms with Crippen LogP contribution in [0.4, 0.5) is 0 Å². The second-order valence-electron chi connectivity index (χ2n) is 6.49. The monoisotopic (exact) mass is 297 g/mol. The largest absolute Gasteiger partial charge is 0.302 e. The summed E-state index contributed by atoms with van der Waals surface area (Å²) in [5.74, 6) is 0.830. The SMILES string of the molecule is c1csc(C(NC2CCc3ccccc32)C2CCCC2)c1. The van der Waals surface area contributed by atoms with E-state index in [9.17, 15) is 0 Å². The standard InChI is InChI=1S/C19H23NS/c1-2-8-15(7-1)19(18-10-5-13-21-18)20-17-12-11-14-6-3-4-9-16(14)17/h3-6,9-10,13,15,17,19-20H,1-2,7-8,11-12H2. The van der Waals surface area contributed by atoms with Crippen molar-refractivity contribution in [2.24, 2.45) is 5.92 Å². The molecule has 1 N–H and O–H groups in total. The summed E-state index contributed by atoms with van der Waals surface area (Å²) in [7, 11) is 0. The number of fused-ring (bicyclic) bond motifs is 1. The van der Waals surface area contributed by atoms with E-state index in [1.807, 2.05) is 11.3 Å². The number of aryl methyl sites for hydroxylation is 1. The lowest BCUT2D eigenvalue weighted by atomic mass is 9.95. The molecule has 0 spiro atoms. The first-order chi connectivity index (χ1) is 10.4. The molecule has 1 aromatic carbocycles. The smallest absolute Gasteiger partial charge is 0.0448 e. The predicted octanol–water partition coefficient (Wildman–Crippen LogP) is 5.26. The van der Waals surface area contributed by atoms with Gasteiger partial charge in [-0.15, -0.1) is 11.3 Å². The minimum absolute atomic E-state index is 0.550. The van der Waals surface area contributed by atoms with Gasteiger partial charge in [0.2, 0.25) is 0 Å². The zero-order valence-electron chi connectivity index (χ0n) is 12.4. The van der Waals surface area contributed by atoms with E-state index < -0.39 is 0 Å². The molecule has 0 aliphatic heterocycles. The first kappa shape index (κ1) is 13.5. The van der Waals surface area contributed by atoms with Crippen LogP contribution in [0, 0.1) is 5.92 Å². The van der Waals surface area contributed by atoms with Gasteiger partial charge in [0.1, 0.15) is 0 Å². The molecule has 21 heavy (non-hydrogen) atoms. The summed E-state index contributed by atoms with van der Waals surface area (Å²) in [5, 5.41) is 6.25. The Labute approximate surface area is 131 Å². The Morgan fingerprint density at radius 3 is 2.67 bits per heavy atom. The Bertz CT molecular complexity index is 583. The van der Waals surface area contributed by atoms with Crippen molar-refractivity contribution < 1.29 is 0 Å². The predicted molar refractivity (Wildman–Crippen MR) is 89.7 cm³/mol. The highest BCUT2D eigenvalue weighted by Crippen LogP contribution is 2.41. The van der Waals surface area contributed by atoms with Gasteiger partial charge < -0.3 is 5.32 Å². The van der Waals surface area contributed by atoms with E-state index in [-0.39, 0.29) is 0 Å². The van der Waals surface area contributed by atoms with Crippen molar-refractivity contribution in [1.82, 2.24) is 5.32 Å². The molecular formula is C19H23NS. The number of nitrogens with one attached hydrogen (secondary N) is 1. The van der Waals surface area contributed by atoms with Crippen LogP contribution in [0.2, 0.25) is 0 Å². The lowest BCUT2D eigenvalue weighted by molar-refractivity contribution is 0.333. The fraction of sp³-hybridized carbons (Fsp3) is 0.474. The number of hydrogen-bond acceptors (Lipinski definition) is 2. The van der Waals surface area contributed by atoms with Crippen molar-refractivity contribution in [3.63, 3.8) is 0 Å². The van der Waals surface area contributed by atoms with Gasteiger partial charge in [-0.2, -0.15) is 0 Å². The number of rotatable bonds is 4. The third-order valence-corrected chi connectivity index (χ3v) is 6.19. The molecule has 2 aliphatic carbocycles. The van der Waals surface area contributed by atoms with Crippen LogP contribution in [0.1, 0.15) is 60.2 Å². The van der Waals surface area contributed by atoms with Crippen LogP contribution in [0.5, 0.6) is 0 Å². The Morgan fingerprint density at radius 2 is 1.86 bits per heavy atom. The summed E-state index contributed by atoms with van der Waals surface area (Å²) >= 11 is 1.92. The maximum Gasteiger partial charge on any atom is 0.0448 e. The van der Waals surface area contributed by atoms with Crippen molar-refractivity contribution in [1.29, 1.82) is 0 Å². The summed E-state index contributed by atoms with van der Waals surface area (Å²) in [6, 6.07) is 14.6. The van der Waals surface area contributed by atoms with E-state index in [4.69, 9.17) is 0 Å². The van der Waals surface area contributed by atoms with E-state index >= 15 is 0 Å². The Balaban J connectivity index is 1.58. The minimum atomic E-state index is 0.550. The van der Waals surface area contributed by atoms with Crippen molar-refractivity contribution >= 4 is 11.3 Å². The van der Waals surface area contributed by atoms with Crippen LogP contribution in [0.25, 0.3) is 0 Å². The Hall–Kier alpha value is -1.12. The van der Waals surface area contributed by atoms with Crippen LogP contribution in [-0.2, 0) is 6.42 Å². The molecule has 4 rings (SSSR count). The second-order valence-corrected chi connectivity index (χ2v) is 7.47. The molecule has 1 heterocycles. The average Bonchev–Trinajstić information content (AvgIpc) is 3.26. The van der Waals surface area contributed by atoms with Crippen molar-refractivity contribution in [2.75, 3.05) is 0 Å². The molecule has 2 aliphatic rings. The van der Waals surface area contributed by atoms with Crippen molar-refractivity contribution in [2.45, 2.75) is 50.6 Å². The Kier molecular flexibility index (Phi) is 3.83. The molecule has 0 saturated heterocycles. The van der Waals surface area contributed by atoms with Gasteiger partial charge in [0.05, 0.1) is 0 Å². The van der Waals surface area contributed by atoms with Crippen LogP contribution in [0.15, 0.2) is 41.8 Å². The van der Waals surface area contributed by atoms with Gasteiger partial charge >= 0.3 is 0 Å². The van der Waals surface area contributed by atoms with Crippen molar-refractivity contribution in [3.05, 3.63) is 57.8 Å². The molecule has 110 valence electrons. The average molecular weight is 297 g/mol. The molecule has 0 radical (unpaired) electrons. The molecule has 2 aromatic rings. The maximum absolute atomic E-state index is 4.03. The third kappa shape index (κ3) is 2.67. The topological polar surface area (TPSA) is 12.0 Å². The molecule has 1 saturated carbocycles. The summed E-state index contributed by atoms with van der Waals surface area (Å²) in [5.41, 5.74) is 3.09. The van der Waals surface area contributed by atoms with Crippen molar-refractivity contribution in [3.8, 4) is 0 Å². The van der Waals surface area contributed by atoms with E-state index in [0.29, 0.717) is 12.1 Å². The molecular weight excluding hydrogens is 274 g/mol. The number of thiophene rings is 1. The first-order valence-electron chi connectivity index (χ1n) is 8.29. The first-order valence-corrected chi connectivity index (χ1v) is 9.17. The second kappa shape index (κ2) is 5.94. The normalized spacial score (nSPS) is 23.3. The summed E-state index contributed by atoms with van der Waals surface area (Å²) < 4.78 is 0. The minimum Gasteiger partial charge on any atom is -0.302 e. The molecule has 2 unspecified atom stereocenters. The van der Waals surface area contributed by atoms with E-state index in [0.717, 1.165) is 5.92 Å². The lowest BCUT2D eigenvalue weighted by Crippen LogP contribution is -2.29. The molecule has 1 nitrogen and oxygen atoms in total. The van der Waals surface area contributed by atoms with E-state index in [1.165, 1.54) is 49.0 Å². The highest BCUT2D eigenvalue weighted by molar-refractivity contribution is 7.10. The summed E-state index contributed by atoms with van der Waals surface area (Å²) in [6.45, 7) is 0. The van der Waals surface area contributed by atoms with Gasteiger partial charge in [-0.25, -0.2) is 0 Å².